The van der Waals surface area contributed by atoms with E-state index in [-0.39, 0.29) is 22.8 Å². The molecule has 12 heteroatoms. The molecule has 3 rings (SSSR count). The number of carbonyl (C=O) groups is 1. The Morgan fingerprint density at radius 1 is 1.03 bits per heavy atom. The van der Waals surface area contributed by atoms with E-state index in [0.717, 1.165) is 0 Å². The van der Waals surface area contributed by atoms with Crippen LogP contribution in [-0.4, -0.2) is 31.1 Å². The van der Waals surface area contributed by atoms with Crippen molar-refractivity contribution in [2.45, 2.75) is 32.9 Å². The van der Waals surface area contributed by atoms with Crippen LogP contribution in [-0.2, 0) is 11.3 Å². The summed E-state index contributed by atoms with van der Waals surface area (Å²) in [6.07, 6.45) is 2.54. The summed E-state index contributed by atoms with van der Waals surface area (Å²) in [6.45, 7) is 5.56. The molecule has 2 aromatic heterocycles. The van der Waals surface area contributed by atoms with Crippen molar-refractivity contribution >= 4 is 69.7 Å². The molecule has 0 aliphatic carbocycles. The number of isothiocyanates is 1. The summed E-state index contributed by atoms with van der Waals surface area (Å²) in [5.41, 5.74) is -0.0788. The minimum Gasteiger partial charge on any atom is -0.444 e. The first-order valence-electron chi connectivity index (χ1n) is 10.4. The van der Waals surface area contributed by atoms with Crippen LogP contribution in [0.2, 0.25) is 10.0 Å². The molecule has 36 heavy (non-hydrogen) atoms. The Bertz CT molecular complexity index is 1370. The lowest BCUT2D eigenvalue weighted by Gasteiger charge is -2.19. The van der Waals surface area contributed by atoms with Gasteiger partial charge in [-0.05, 0) is 69.0 Å². The van der Waals surface area contributed by atoms with Crippen LogP contribution in [0.25, 0.3) is 0 Å². The molecule has 0 fully saturated rings. The van der Waals surface area contributed by atoms with Gasteiger partial charge in [0.15, 0.2) is 5.11 Å². The lowest BCUT2D eigenvalue weighted by Crippen LogP contribution is -2.35. The van der Waals surface area contributed by atoms with Gasteiger partial charge in [0.25, 0.3) is 11.1 Å². The number of hydrogen-bond acceptors (Lipinski definition) is 7. The van der Waals surface area contributed by atoms with Crippen LogP contribution in [0.5, 0.6) is 0 Å². The molecule has 0 aliphatic heterocycles. The number of carbonyl (C=O) groups excluding carboxylic acids is 1. The highest BCUT2D eigenvalue weighted by Gasteiger charge is 2.17. The Morgan fingerprint density at radius 3 is 2.06 bits per heavy atom. The minimum atomic E-state index is -0.555. The smallest absolute Gasteiger partial charge is 0.407 e. The van der Waals surface area contributed by atoms with Crippen molar-refractivity contribution in [2.75, 3.05) is 0 Å². The summed E-state index contributed by atoms with van der Waals surface area (Å²) >= 11 is 21.7. The number of benzene rings is 1. The monoisotopic (exact) mass is 564 g/mol. The van der Waals surface area contributed by atoms with E-state index in [1.54, 1.807) is 57.2 Å². The zero-order valence-corrected chi connectivity index (χ0v) is 22.7. The van der Waals surface area contributed by atoms with Crippen LogP contribution in [0.15, 0.2) is 75.5 Å². The maximum Gasteiger partial charge on any atom is 0.407 e. The van der Waals surface area contributed by atoms with Crippen LogP contribution in [0.1, 0.15) is 26.3 Å². The average molecular weight is 566 g/mol. The highest BCUT2D eigenvalue weighted by molar-refractivity contribution is 7.80. The lowest BCUT2D eigenvalue weighted by atomic mass is 10.2. The summed E-state index contributed by atoms with van der Waals surface area (Å²) in [4.78, 5) is 38.4. The van der Waals surface area contributed by atoms with Crippen LogP contribution in [0.3, 0.4) is 0 Å². The van der Waals surface area contributed by atoms with Crippen LogP contribution in [0, 0.1) is 0 Å². The number of pyridine rings is 2. The molecule has 0 aliphatic rings. The molecule has 188 valence electrons. The predicted octanol–water partition coefficient (Wildman–Crippen LogP) is 5.44. The van der Waals surface area contributed by atoms with Gasteiger partial charge in [0.1, 0.15) is 11.3 Å². The number of halogens is 2. The van der Waals surface area contributed by atoms with E-state index in [9.17, 15) is 14.4 Å². The van der Waals surface area contributed by atoms with Gasteiger partial charge in [-0.1, -0.05) is 41.4 Å². The topological polar surface area (TPSA) is 94.7 Å². The van der Waals surface area contributed by atoms with Gasteiger partial charge in [-0.2, -0.15) is 4.99 Å². The van der Waals surface area contributed by atoms with Crippen molar-refractivity contribution in [3.63, 3.8) is 0 Å². The molecular weight excluding hydrogens is 543 g/mol. The van der Waals surface area contributed by atoms with Gasteiger partial charge in [0, 0.05) is 31.1 Å². The number of alkyl carbamates (subject to hydrolysis) is 1. The predicted molar refractivity (Wildman–Crippen MR) is 149 cm³/mol. The Kier molecular flexibility index (Phi) is 10.7. The summed E-state index contributed by atoms with van der Waals surface area (Å²) in [5, 5.41) is 5.67. The Hall–Kier alpha value is -3.14. The van der Waals surface area contributed by atoms with E-state index in [0.29, 0.717) is 21.3 Å². The number of rotatable bonds is 3. The molecule has 0 spiro atoms. The minimum absolute atomic E-state index is 0.149. The molecule has 1 N–H and O–H groups in total. The van der Waals surface area contributed by atoms with E-state index in [1.165, 1.54) is 33.7 Å². The fraction of sp³-hybridized carbons (Fsp3) is 0.208. The molecule has 0 radical (unpaired) electrons. The van der Waals surface area contributed by atoms with Crippen LogP contribution >= 0.6 is 47.6 Å². The zero-order chi connectivity index (χ0) is 26.9. The first-order chi connectivity index (χ1) is 16.9. The fourth-order valence-electron chi connectivity index (χ4n) is 2.64. The van der Waals surface area contributed by atoms with Gasteiger partial charge in [0.05, 0.1) is 15.2 Å². The molecule has 3 aromatic rings. The third-order valence-electron chi connectivity index (χ3n) is 4.18. The third-order valence-corrected chi connectivity index (χ3v) is 5.39. The third kappa shape index (κ3) is 8.51. The maximum atomic E-state index is 11.6. The largest absolute Gasteiger partial charge is 0.444 e. The van der Waals surface area contributed by atoms with Crippen LogP contribution < -0.4 is 16.4 Å². The average Bonchev–Trinajstić information content (AvgIpc) is 2.81. The Labute approximate surface area is 228 Å². The summed E-state index contributed by atoms with van der Waals surface area (Å²) in [7, 11) is 0. The summed E-state index contributed by atoms with van der Waals surface area (Å²) < 4.78 is 7.62. The van der Waals surface area contributed by atoms with Gasteiger partial charge in [-0.3, -0.25) is 18.7 Å². The quantitative estimate of drug-likeness (QED) is 0.336. The van der Waals surface area contributed by atoms with Gasteiger partial charge in [-0.15, -0.1) is 0 Å². The number of hydrogen-bond donors (Lipinski definition) is 1. The fourth-order valence-corrected chi connectivity index (χ4v) is 3.55. The molecule has 0 saturated heterocycles. The SMILES string of the molecule is CC(C)(C)OC(=O)NCc1ccc(Cl)c(N=C=S)c1Cl.O=c1ccccn1C(=S)n1ccccc1=O. The summed E-state index contributed by atoms with van der Waals surface area (Å²) in [5.74, 6) is 0. The molecule has 0 unspecified atom stereocenters. The maximum absolute atomic E-state index is 11.6. The van der Waals surface area contributed by atoms with Crippen molar-refractivity contribution < 1.29 is 9.53 Å². The van der Waals surface area contributed by atoms with Gasteiger partial charge >= 0.3 is 6.09 Å². The van der Waals surface area contributed by atoms with Gasteiger partial charge < -0.3 is 10.1 Å². The van der Waals surface area contributed by atoms with E-state index >= 15 is 0 Å². The highest BCUT2D eigenvalue weighted by atomic mass is 35.5. The standard InChI is InChI=1S/C13H14Cl2N2O2S.C11H8N2O2S/c1-13(2,3)19-12(18)16-6-8-4-5-9(14)11(10(8)15)17-7-20;14-9-5-1-3-7-12(9)11(16)13-8-4-2-6-10(13)15/h4-5H,6H2,1-3H3,(H,16,18);1-8H. The second-order valence-corrected chi connectivity index (χ2v) is 9.36. The highest BCUT2D eigenvalue weighted by Crippen LogP contribution is 2.35. The lowest BCUT2D eigenvalue weighted by molar-refractivity contribution is 0.0523. The van der Waals surface area contributed by atoms with Crippen molar-refractivity contribution in [1.82, 2.24) is 14.5 Å². The van der Waals surface area contributed by atoms with Crippen molar-refractivity contribution in [1.29, 1.82) is 0 Å². The second-order valence-electron chi connectivity index (χ2n) is 8.03. The van der Waals surface area contributed by atoms with E-state index < -0.39 is 11.7 Å². The first kappa shape index (κ1) is 29.1. The van der Waals surface area contributed by atoms with E-state index in [2.05, 4.69) is 27.7 Å². The number of aromatic nitrogens is 2. The zero-order valence-electron chi connectivity index (χ0n) is 19.5. The molecule has 0 atom stereocenters. The van der Waals surface area contributed by atoms with Crippen molar-refractivity contribution in [3.8, 4) is 0 Å². The molecule has 0 saturated carbocycles. The molecule has 8 nitrogen and oxygen atoms in total. The molecule has 1 aromatic carbocycles. The summed E-state index contributed by atoms with van der Waals surface area (Å²) in [6, 6.07) is 12.7. The van der Waals surface area contributed by atoms with Crippen LogP contribution in [0.4, 0.5) is 10.5 Å². The molecule has 0 bridgehead atoms. The molecular formula is C24H22Cl2N4O4S2. The first-order valence-corrected chi connectivity index (χ1v) is 11.9. The number of nitrogens with zero attached hydrogens (tertiary/aromatic N) is 3. The van der Waals surface area contributed by atoms with E-state index in [1.807, 2.05) is 0 Å². The number of aliphatic imine (C=N–C) groups is 1. The number of ether oxygens (including phenoxy) is 1. The Morgan fingerprint density at radius 2 is 1.58 bits per heavy atom. The Balaban J connectivity index is 0.000000259. The second kappa shape index (κ2) is 13.2. The van der Waals surface area contributed by atoms with Gasteiger partial charge in [-0.25, -0.2) is 4.79 Å². The normalized spacial score (nSPS) is 10.4. The molecule has 1 amide bonds. The molecule has 2 heterocycles. The van der Waals surface area contributed by atoms with E-state index in [4.69, 9.17) is 40.2 Å². The number of nitrogens with one attached hydrogen (secondary N) is 1. The number of thiocarbonyl (C=S) groups is 2. The van der Waals surface area contributed by atoms with Gasteiger partial charge in [0.2, 0.25) is 0 Å². The van der Waals surface area contributed by atoms with Crippen molar-refractivity contribution in [2.24, 2.45) is 4.99 Å². The van der Waals surface area contributed by atoms with Crippen molar-refractivity contribution in [3.05, 3.63) is 97.2 Å². The number of amides is 1.